The number of benzene rings is 2. The molecule has 2 aromatic rings. The SMILES string of the molecule is COc1ccc(C(=O)NNC(=O)C(C)Oc2ccc(F)cc2Br)cc1OC. The maximum atomic E-state index is 13.1. The van der Waals surface area contributed by atoms with Crippen molar-refractivity contribution in [2.24, 2.45) is 0 Å². The molecule has 0 aliphatic carbocycles. The van der Waals surface area contributed by atoms with Crippen LogP contribution in [0.25, 0.3) is 0 Å². The van der Waals surface area contributed by atoms with E-state index in [2.05, 4.69) is 26.8 Å². The maximum Gasteiger partial charge on any atom is 0.279 e. The first-order chi connectivity index (χ1) is 12.8. The monoisotopic (exact) mass is 440 g/mol. The number of hydrazine groups is 1. The average Bonchev–Trinajstić information content (AvgIpc) is 2.67. The summed E-state index contributed by atoms with van der Waals surface area (Å²) in [7, 11) is 2.94. The lowest BCUT2D eigenvalue weighted by atomic mass is 10.2. The summed E-state index contributed by atoms with van der Waals surface area (Å²) in [4.78, 5) is 24.3. The highest BCUT2D eigenvalue weighted by Gasteiger charge is 2.18. The lowest BCUT2D eigenvalue weighted by molar-refractivity contribution is -0.128. The topological polar surface area (TPSA) is 85.9 Å². The minimum absolute atomic E-state index is 0.266. The summed E-state index contributed by atoms with van der Waals surface area (Å²) in [5, 5.41) is 0. The van der Waals surface area contributed by atoms with Gasteiger partial charge in [-0.25, -0.2) is 4.39 Å². The Bertz CT molecular complexity index is 846. The third-order valence-electron chi connectivity index (χ3n) is 3.51. The second kappa shape index (κ2) is 9.22. The van der Waals surface area contributed by atoms with E-state index in [9.17, 15) is 14.0 Å². The van der Waals surface area contributed by atoms with Gasteiger partial charge in [0.2, 0.25) is 0 Å². The second-order valence-electron chi connectivity index (χ2n) is 5.35. The van der Waals surface area contributed by atoms with E-state index in [1.54, 1.807) is 6.07 Å². The third kappa shape index (κ3) is 5.33. The Morgan fingerprint density at radius 3 is 2.30 bits per heavy atom. The first-order valence-electron chi connectivity index (χ1n) is 7.79. The van der Waals surface area contributed by atoms with Crippen molar-refractivity contribution >= 4 is 27.7 Å². The normalized spacial score (nSPS) is 11.3. The van der Waals surface area contributed by atoms with Crippen molar-refractivity contribution in [2.45, 2.75) is 13.0 Å². The smallest absolute Gasteiger partial charge is 0.279 e. The van der Waals surface area contributed by atoms with Crippen LogP contribution < -0.4 is 25.1 Å². The molecule has 1 atom stereocenters. The van der Waals surface area contributed by atoms with Gasteiger partial charge in [-0.05, 0) is 59.3 Å². The highest BCUT2D eigenvalue weighted by Crippen LogP contribution is 2.28. The Balaban J connectivity index is 1.95. The van der Waals surface area contributed by atoms with Crippen LogP contribution in [0.3, 0.4) is 0 Å². The highest BCUT2D eigenvalue weighted by atomic mass is 79.9. The Kier molecular flexibility index (Phi) is 7.00. The van der Waals surface area contributed by atoms with E-state index >= 15 is 0 Å². The van der Waals surface area contributed by atoms with E-state index in [-0.39, 0.29) is 5.56 Å². The summed E-state index contributed by atoms with van der Waals surface area (Å²) in [6.07, 6.45) is -0.933. The van der Waals surface area contributed by atoms with Crippen molar-refractivity contribution in [2.75, 3.05) is 14.2 Å². The number of amides is 2. The van der Waals surface area contributed by atoms with E-state index in [4.69, 9.17) is 14.2 Å². The van der Waals surface area contributed by atoms with Gasteiger partial charge in [-0.15, -0.1) is 0 Å². The number of ether oxygens (including phenoxy) is 3. The van der Waals surface area contributed by atoms with Crippen molar-refractivity contribution in [3.8, 4) is 17.2 Å². The van der Waals surface area contributed by atoms with Crippen molar-refractivity contribution in [1.82, 2.24) is 10.9 Å². The molecule has 2 rings (SSSR count). The largest absolute Gasteiger partial charge is 0.493 e. The number of halogens is 2. The number of hydrogen-bond acceptors (Lipinski definition) is 5. The molecule has 144 valence electrons. The summed E-state index contributed by atoms with van der Waals surface area (Å²) in [6, 6.07) is 8.41. The number of methoxy groups -OCH3 is 2. The summed E-state index contributed by atoms with van der Waals surface area (Å²) < 4.78 is 29.1. The molecule has 2 N–H and O–H groups in total. The van der Waals surface area contributed by atoms with E-state index in [0.29, 0.717) is 21.7 Å². The van der Waals surface area contributed by atoms with Crippen LogP contribution in [0, 0.1) is 5.82 Å². The molecule has 0 spiro atoms. The molecule has 27 heavy (non-hydrogen) atoms. The second-order valence-corrected chi connectivity index (χ2v) is 6.20. The Morgan fingerprint density at radius 1 is 1.00 bits per heavy atom. The number of rotatable bonds is 6. The molecule has 1 unspecified atom stereocenters. The lowest BCUT2D eigenvalue weighted by Gasteiger charge is -2.16. The molecule has 2 amide bonds. The quantitative estimate of drug-likeness (QED) is 0.674. The molecule has 0 fully saturated rings. The molecule has 0 saturated heterocycles. The summed E-state index contributed by atoms with van der Waals surface area (Å²) in [5.41, 5.74) is 4.83. The van der Waals surface area contributed by atoms with Crippen LogP contribution in [0.4, 0.5) is 4.39 Å². The molecule has 0 heterocycles. The van der Waals surface area contributed by atoms with Crippen LogP contribution >= 0.6 is 15.9 Å². The summed E-state index contributed by atoms with van der Waals surface area (Å²) >= 11 is 3.15. The Hall–Kier alpha value is -2.81. The van der Waals surface area contributed by atoms with Gasteiger partial charge < -0.3 is 14.2 Å². The summed E-state index contributed by atoms with van der Waals surface area (Å²) in [5.74, 6) is -0.405. The lowest BCUT2D eigenvalue weighted by Crippen LogP contribution is -2.47. The highest BCUT2D eigenvalue weighted by molar-refractivity contribution is 9.10. The zero-order chi connectivity index (χ0) is 20.0. The van der Waals surface area contributed by atoms with E-state index in [0.717, 1.165) is 0 Å². The Morgan fingerprint density at radius 2 is 1.67 bits per heavy atom. The number of carbonyl (C=O) groups is 2. The molecule has 7 nitrogen and oxygen atoms in total. The van der Waals surface area contributed by atoms with Crippen LogP contribution in [-0.4, -0.2) is 32.1 Å². The van der Waals surface area contributed by atoms with Crippen molar-refractivity contribution in [3.05, 3.63) is 52.3 Å². The molecule has 9 heteroatoms. The van der Waals surface area contributed by atoms with Crippen molar-refractivity contribution in [1.29, 1.82) is 0 Å². The van der Waals surface area contributed by atoms with Gasteiger partial charge in [0.15, 0.2) is 17.6 Å². The van der Waals surface area contributed by atoms with Gasteiger partial charge in [0, 0.05) is 5.56 Å². The fourth-order valence-corrected chi connectivity index (χ4v) is 2.53. The van der Waals surface area contributed by atoms with Gasteiger partial charge in [0.25, 0.3) is 11.8 Å². The van der Waals surface area contributed by atoms with Gasteiger partial charge in [0.1, 0.15) is 11.6 Å². The van der Waals surface area contributed by atoms with Gasteiger partial charge >= 0.3 is 0 Å². The molecule has 0 aliphatic rings. The van der Waals surface area contributed by atoms with Crippen LogP contribution in [0.15, 0.2) is 40.9 Å². The van der Waals surface area contributed by atoms with Gasteiger partial charge in [-0.1, -0.05) is 0 Å². The third-order valence-corrected chi connectivity index (χ3v) is 4.13. The molecular weight excluding hydrogens is 423 g/mol. The zero-order valence-corrected chi connectivity index (χ0v) is 16.4. The Labute approximate surface area is 163 Å². The van der Waals surface area contributed by atoms with Crippen LogP contribution in [0.2, 0.25) is 0 Å². The average molecular weight is 441 g/mol. The predicted octanol–water partition coefficient (Wildman–Crippen LogP) is 2.83. The van der Waals surface area contributed by atoms with E-state index < -0.39 is 23.7 Å². The zero-order valence-electron chi connectivity index (χ0n) is 14.8. The minimum atomic E-state index is -0.933. The molecule has 0 saturated carbocycles. The first kappa shape index (κ1) is 20.5. The van der Waals surface area contributed by atoms with Crippen molar-refractivity contribution < 1.29 is 28.2 Å². The van der Waals surface area contributed by atoms with E-state index in [1.807, 2.05) is 0 Å². The minimum Gasteiger partial charge on any atom is -0.493 e. The van der Waals surface area contributed by atoms with Crippen LogP contribution in [-0.2, 0) is 4.79 Å². The fraction of sp³-hybridized carbons (Fsp3) is 0.222. The molecule has 0 radical (unpaired) electrons. The molecule has 0 aliphatic heterocycles. The molecule has 0 aromatic heterocycles. The van der Waals surface area contributed by atoms with Crippen LogP contribution in [0.1, 0.15) is 17.3 Å². The standard InChI is InChI=1S/C18H18BrFN2O5/c1-10(27-14-7-5-12(20)9-13(14)19)17(23)21-22-18(24)11-4-6-15(25-2)16(8-11)26-3/h4-10H,1-3H3,(H,21,23)(H,22,24). The molecule has 0 bridgehead atoms. The van der Waals surface area contributed by atoms with Gasteiger partial charge in [0.05, 0.1) is 18.7 Å². The number of hydrogen-bond donors (Lipinski definition) is 2. The maximum absolute atomic E-state index is 13.1. The summed E-state index contributed by atoms with van der Waals surface area (Å²) in [6.45, 7) is 1.49. The van der Waals surface area contributed by atoms with Gasteiger partial charge in [-0.3, -0.25) is 20.4 Å². The predicted molar refractivity (Wildman–Crippen MR) is 99.3 cm³/mol. The molecular formula is C18H18BrFN2O5. The van der Waals surface area contributed by atoms with E-state index in [1.165, 1.54) is 51.5 Å². The first-order valence-corrected chi connectivity index (χ1v) is 8.59. The van der Waals surface area contributed by atoms with Crippen LogP contribution in [0.5, 0.6) is 17.2 Å². The fourth-order valence-electron chi connectivity index (χ4n) is 2.08. The number of nitrogens with one attached hydrogen (secondary N) is 2. The molecule has 2 aromatic carbocycles. The van der Waals surface area contributed by atoms with Crippen molar-refractivity contribution in [3.63, 3.8) is 0 Å². The number of carbonyl (C=O) groups excluding carboxylic acids is 2. The van der Waals surface area contributed by atoms with Gasteiger partial charge in [-0.2, -0.15) is 0 Å².